The number of furan rings is 2. The van der Waals surface area contributed by atoms with Crippen LogP contribution < -0.4 is 9.80 Å². The van der Waals surface area contributed by atoms with Crippen LogP contribution in [0.15, 0.2) is 191 Å². The highest BCUT2D eigenvalue weighted by atomic mass is 16.4. The van der Waals surface area contributed by atoms with Gasteiger partial charge in [-0.15, -0.1) is 0 Å². The first-order chi connectivity index (χ1) is 28.6. The highest BCUT2D eigenvalue weighted by Crippen LogP contribution is 2.45. The molecule has 0 unspecified atom stereocenters. The molecule has 11 rings (SSSR count). The van der Waals surface area contributed by atoms with Crippen LogP contribution in [0.5, 0.6) is 0 Å². The van der Waals surface area contributed by atoms with Crippen molar-refractivity contribution in [1.82, 2.24) is 0 Å². The lowest BCUT2D eigenvalue weighted by Gasteiger charge is -2.27. The van der Waals surface area contributed by atoms with Gasteiger partial charge in [-0.2, -0.15) is 5.26 Å². The number of anilines is 6. The fourth-order valence-corrected chi connectivity index (χ4v) is 8.33. The Morgan fingerprint density at radius 3 is 1.45 bits per heavy atom. The largest absolute Gasteiger partial charge is 0.452 e. The third-order valence-electron chi connectivity index (χ3n) is 11.0. The van der Waals surface area contributed by atoms with Gasteiger partial charge in [0.25, 0.3) is 0 Å². The Hall–Kier alpha value is -8.32. The predicted molar refractivity (Wildman–Crippen MR) is 236 cm³/mol. The zero-order valence-electron chi connectivity index (χ0n) is 30.9. The van der Waals surface area contributed by atoms with Crippen LogP contribution in [0, 0.1) is 17.9 Å². The van der Waals surface area contributed by atoms with Crippen molar-refractivity contribution in [3.63, 3.8) is 0 Å². The molecule has 0 aliphatic rings. The molecule has 0 aliphatic heterocycles. The first kappa shape index (κ1) is 33.1. The van der Waals surface area contributed by atoms with E-state index in [1.165, 1.54) is 0 Å². The van der Waals surface area contributed by atoms with Crippen molar-refractivity contribution in [1.29, 1.82) is 5.26 Å². The molecule has 11 aromatic rings. The molecule has 0 saturated carbocycles. The number of benzene rings is 9. The second-order valence-electron chi connectivity index (χ2n) is 14.4. The van der Waals surface area contributed by atoms with Gasteiger partial charge in [0.15, 0.2) is 11.2 Å². The lowest BCUT2D eigenvalue weighted by atomic mass is 10.0. The normalized spacial score (nSPS) is 11.4. The number of nitrogens with zero attached hydrogens (tertiary/aromatic N) is 4. The monoisotopic (exact) mass is 742 g/mol. The molecule has 58 heavy (non-hydrogen) atoms. The molecular formula is C52H30N4O2. The van der Waals surface area contributed by atoms with Crippen LogP contribution in [0.4, 0.5) is 39.8 Å². The Morgan fingerprint density at radius 2 is 0.914 bits per heavy atom. The second-order valence-corrected chi connectivity index (χ2v) is 14.4. The third-order valence-corrected chi connectivity index (χ3v) is 11.0. The maximum atomic E-state index is 10.0. The maximum absolute atomic E-state index is 10.0. The Balaban J connectivity index is 1.04. The lowest BCUT2D eigenvalue weighted by Crippen LogP contribution is -2.11. The van der Waals surface area contributed by atoms with E-state index in [0.29, 0.717) is 22.4 Å². The van der Waals surface area contributed by atoms with Gasteiger partial charge in [-0.05, 0) is 125 Å². The minimum Gasteiger partial charge on any atom is -0.452 e. The molecular weight excluding hydrogens is 713 g/mol. The summed E-state index contributed by atoms with van der Waals surface area (Å²) >= 11 is 0. The molecule has 0 radical (unpaired) electrons. The molecule has 2 aromatic heterocycles. The molecule has 0 atom stereocenters. The fourth-order valence-electron chi connectivity index (χ4n) is 8.33. The summed E-state index contributed by atoms with van der Waals surface area (Å²) in [5.74, 6) is 0. The average molecular weight is 743 g/mol. The van der Waals surface area contributed by atoms with Crippen LogP contribution in [-0.4, -0.2) is 0 Å². The summed E-state index contributed by atoms with van der Waals surface area (Å²) in [5, 5.41) is 18.2. The van der Waals surface area contributed by atoms with Gasteiger partial charge >= 0.3 is 0 Å². The maximum Gasteiger partial charge on any atom is 0.210 e. The molecule has 0 amide bonds. The van der Waals surface area contributed by atoms with E-state index in [9.17, 15) is 5.26 Å². The van der Waals surface area contributed by atoms with Crippen molar-refractivity contribution < 1.29 is 8.83 Å². The fraction of sp³-hybridized carbons (Fsp3) is 0. The topological polar surface area (TPSA) is 60.9 Å². The van der Waals surface area contributed by atoms with E-state index in [-0.39, 0.29) is 0 Å². The number of hydrogen-bond acceptors (Lipinski definition) is 5. The highest BCUT2D eigenvalue weighted by Gasteiger charge is 2.21. The van der Waals surface area contributed by atoms with Crippen LogP contribution in [0.3, 0.4) is 0 Å². The number of para-hydroxylation sites is 5. The van der Waals surface area contributed by atoms with Crippen LogP contribution in [0.1, 0.15) is 5.56 Å². The highest BCUT2D eigenvalue weighted by molar-refractivity contribution is 6.21. The van der Waals surface area contributed by atoms with Crippen molar-refractivity contribution in [2.45, 2.75) is 0 Å². The van der Waals surface area contributed by atoms with Crippen molar-refractivity contribution in [2.75, 3.05) is 9.80 Å². The van der Waals surface area contributed by atoms with Crippen LogP contribution in [0.2, 0.25) is 0 Å². The molecule has 0 spiro atoms. The summed E-state index contributed by atoms with van der Waals surface area (Å²) < 4.78 is 13.4. The molecule has 0 aliphatic carbocycles. The van der Waals surface area contributed by atoms with Gasteiger partial charge in [0.05, 0.1) is 23.5 Å². The molecule has 6 nitrogen and oxygen atoms in total. The van der Waals surface area contributed by atoms with Crippen LogP contribution >= 0.6 is 0 Å². The van der Waals surface area contributed by atoms with E-state index in [1.807, 2.05) is 84.9 Å². The molecule has 9 aromatic carbocycles. The second kappa shape index (κ2) is 13.2. The summed E-state index contributed by atoms with van der Waals surface area (Å²) in [6, 6.07) is 63.6. The van der Waals surface area contributed by atoms with E-state index < -0.39 is 0 Å². The summed E-state index contributed by atoms with van der Waals surface area (Å²) in [6.45, 7) is 7.87. The summed E-state index contributed by atoms with van der Waals surface area (Å²) in [6.07, 6.45) is 0. The number of fused-ring (bicyclic) bond motifs is 9. The number of nitriles is 1. The van der Waals surface area contributed by atoms with Crippen molar-refractivity contribution in [3.05, 3.63) is 199 Å². The minimum absolute atomic E-state index is 0.581. The van der Waals surface area contributed by atoms with E-state index in [4.69, 9.17) is 15.4 Å². The van der Waals surface area contributed by atoms with E-state index in [2.05, 4.69) is 118 Å². The molecule has 0 N–H and O–H groups in total. The van der Waals surface area contributed by atoms with E-state index in [0.717, 1.165) is 88.4 Å². The van der Waals surface area contributed by atoms with E-state index in [1.54, 1.807) is 0 Å². The smallest absolute Gasteiger partial charge is 0.210 e. The van der Waals surface area contributed by atoms with Crippen LogP contribution in [-0.2, 0) is 0 Å². The molecule has 2 heterocycles. The molecule has 0 bridgehead atoms. The SMILES string of the molecule is [C-]#[N+]c1ccccc1N(c1ccccc1)c1ccc2cc3c(cc2c1)oc1c3ccc2c3cc4ccc(N(c5ccccc5)c5ccccc5C#N)cc4cc3oc21. The Morgan fingerprint density at radius 1 is 0.431 bits per heavy atom. The van der Waals surface area contributed by atoms with Crippen molar-refractivity contribution in [3.8, 4) is 6.07 Å². The molecule has 6 heteroatoms. The van der Waals surface area contributed by atoms with Crippen molar-refractivity contribution in [2.24, 2.45) is 0 Å². The van der Waals surface area contributed by atoms with Crippen molar-refractivity contribution >= 4 is 105 Å². The molecule has 270 valence electrons. The quantitative estimate of drug-likeness (QED) is 0.159. The average Bonchev–Trinajstić information content (AvgIpc) is 3.83. The standard InChI is InChI=1S/C52H30N4O2/c1-54-46-17-9-11-19-48(46)56(39-15-6-3-7-16-39)41-23-21-34-29-45-43-25-24-42-44-28-33-20-22-40(55(38-13-4-2-5-14-38)47-18-10-8-12-35(47)32-53)26-36(33)30-49(44)57-51(42)52(43)58-50(45)31-37(34)27-41/h2-31H. The van der Waals surface area contributed by atoms with Gasteiger partial charge in [0.2, 0.25) is 5.69 Å². The summed E-state index contributed by atoms with van der Waals surface area (Å²) in [4.78, 5) is 8.09. The third kappa shape index (κ3) is 5.25. The Labute approximate surface area is 333 Å². The van der Waals surface area contributed by atoms with Gasteiger partial charge in [-0.25, -0.2) is 4.85 Å². The van der Waals surface area contributed by atoms with E-state index >= 15 is 0 Å². The Kier molecular flexibility index (Phi) is 7.50. The van der Waals surface area contributed by atoms with Gasteiger partial charge in [-0.3, -0.25) is 0 Å². The summed E-state index contributed by atoms with van der Waals surface area (Å²) in [5.41, 5.74) is 9.60. The number of rotatable bonds is 6. The predicted octanol–water partition coefficient (Wildman–Crippen LogP) is 15.2. The minimum atomic E-state index is 0.581. The Bertz CT molecular complexity index is 3270. The zero-order chi connectivity index (χ0) is 38.7. The first-order valence-electron chi connectivity index (χ1n) is 19.0. The van der Waals surface area contributed by atoms with Gasteiger partial charge in [0.1, 0.15) is 17.2 Å². The van der Waals surface area contributed by atoms with Gasteiger partial charge in [-0.1, -0.05) is 78.9 Å². The molecule has 0 fully saturated rings. The first-order valence-corrected chi connectivity index (χ1v) is 19.0. The lowest BCUT2D eigenvalue weighted by molar-refractivity contribution is 0.634. The summed E-state index contributed by atoms with van der Waals surface area (Å²) in [7, 11) is 0. The van der Waals surface area contributed by atoms with Crippen LogP contribution in [0.25, 0.3) is 70.3 Å². The zero-order valence-corrected chi connectivity index (χ0v) is 30.9. The molecule has 0 saturated heterocycles. The van der Waals surface area contributed by atoms with Gasteiger partial charge in [0, 0.05) is 44.3 Å². The number of hydrogen-bond donors (Lipinski definition) is 0. The van der Waals surface area contributed by atoms with Gasteiger partial charge < -0.3 is 18.6 Å².